The summed E-state index contributed by atoms with van der Waals surface area (Å²) >= 11 is 15.9. The number of carbonyl (C=O) groups is 4. The predicted molar refractivity (Wildman–Crippen MR) is 145 cm³/mol. The van der Waals surface area contributed by atoms with Crippen LogP contribution in [-0.2, 0) is 38.1 Å². The average Bonchev–Trinajstić information content (AvgIpc) is 2.72. The van der Waals surface area contributed by atoms with Gasteiger partial charge in [-0.05, 0) is 5.41 Å². The van der Waals surface area contributed by atoms with Crippen molar-refractivity contribution < 1.29 is 38.1 Å². The van der Waals surface area contributed by atoms with Crippen LogP contribution in [0.5, 0.6) is 0 Å². The molecule has 0 aliphatic carbocycles. The van der Waals surface area contributed by atoms with Gasteiger partial charge in [0.1, 0.15) is 31.8 Å². The third-order valence-electron chi connectivity index (χ3n) is 3.42. The minimum Gasteiger partial charge on any atom is -0.465 e. The topological polar surface area (TPSA) is 105 Å². The summed E-state index contributed by atoms with van der Waals surface area (Å²) < 4.78 is 20.9. The fourth-order valence-corrected chi connectivity index (χ4v) is 2.57. The van der Waals surface area contributed by atoms with Crippen LogP contribution >= 0.6 is 50.5 Å². The number of carbonyl (C=O) groups excluding carboxylic acids is 4. The van der Waals surface area contributed by atoms with E-state index in [2.05, 4.69) is 78.2 Å². The lowest BCUT2D eigenvalue weighted by Gasteiger charge is -2.31. The van der Waals surface area contributed by atoms with Crippen LogP contribution in [-0.4, -0.2) is 73.3 Å². The van der Waals surface area contributed by atoms with Gasteiger partial charge in [0, 0.05) is 23.0 Å². The van der Waals surface area contributed by atoms with Gasteiger partial charge in [-0.15, -0.1) is 0 Å². The molecule has 0 amide bonds. The van der Waals surface area contributed by atoms with E-state index in [0.29, 0.717) is 5.41 Å². The molecule has 0 aromatic rings. The van der Waals surface area contributed by atoms with Crippen LogP contribution in [0.15, 0.2) is 0 Å². The first-order valence-electron chi connectivity index (χ1n) is 10.9. The van der Waals surface area contributed by atoms with Crippen molar-refractivity contribution in [2.75, 3.05) is 49.4 Å². The van der Waals surface area contributed by atoms with Crippen molar-refractivity contribution in [3.05, 3.63) is 0 Å². The van der Waals surface area contributed by atoms with Crippen LogP contribution in [0.4, 0.5) is 0 Å². The molecular weight excluding hydrogens is 521 g/mol. The first-order valence-corrected chi connectivity index (χ1v) is 13.4. The van der Waals surface area contributed by atoms with E-state index >= 15 is 0 Å². The summed E-state index contributed by atoms with van der Waals surface area (Å²) in [7, 11) is 0. The van der Waals surface area contributed by atoms with E-state index in [1.807, 2.05) is 0 Å². The highest BCUT2D eigenvalue weighted by atomic mass is 32.1. The molecule has 0 aromatic heterocycles. The van der Waals surface area contributed by atoms with Crippen LogP contribution in [0, 0.1) is 10.8 Å². The summed E-state index contributed by atoms with van der Waals surface area (Å²) in [5.74, 6) is -0.978. The van der Waals surface area contributed by atoms with Crippen molar-refractivity contribution in [2.45, 2.75) is 53.4 Å². The maximum atomic E-state index is 11.8. The summed E-state index contributed by atoms with van der Waals surface area (Å²) in [4.78, 5) is 47.1. The van der Waals surface area contributed by atoms with E-state index in [9.17, 15) is 19.2 Å². The van der Waals surface area contributed by atoms with E-state index < -0.39 is 29.3 Å². The maximum absolute atomic E-state index is 11.8. The van der Waals surface area contributed by atoms with Crippen LogP contribution in [0.25, 0.3) is 0 Å². The molecule has 0 saturated heterocycles. The molecule has 0 heterocycles. The van der Waals surface area contributed by atoms with Crippen molar-refractivity contribution in [3.63, 3.8) is 0 Å². The van der Waals surface area contributed by atoms with Crippen molar-refractivity contribution in [1.82, 2.24) is 0 Å². The van der Waals surface area contributed by atoms with Crippen LogP contribution in [0.3, 0.4) is 0 Å². The molecule has 0 aromatic carbocycles. The van der Waals surface area contributed by atoms with Gasteiger partial charge in [-0.3, -0.25) is 19.2 Å². The third kappa shape index (κ3) is 23.0. The zero-order chi connectivity index (χ0) is 26.6. The lowest BCUT2D eigenvalue weighted by atomic mass is 9.92. The molecule has 0 aliphatic heterocycles. The normalized spacial score (nSPS) is 11.1. The van der Waals surface area contributed by atoms with E-state index in [0.717, 1.165) is 0 Å². The molecule has 0 rings (SSSR count). The molecule has 0 unspecified atom stereocenters. The van der Waals surface area contributed by atoms with E-state index in [4.69, 9.17) is 18.9 Å². The molecule has 0 bridgehead atoms. The molecule has 12 heteroatoms. The fraction of sp³-hybridized carbons (Fsp3) is 0.818. The second-order valence-corrected chi connectivity index (χ2v) is 10.8. The summed E-state index contributed by atoms with van der Waals surface area (Å²) in [6.07, 6.45) is 0.268. The highest BCUT2D eigenvalue weighted by molar-refractivity contribution is 7.80. The first kappa shape index (κ1) is 35.4. The maximum Gasteiger partial charge on any atom is 0.306 e. The molecule has 0 N–H and O–H groups in total. The van der Waals surface area contributed by atoms with Gasteiger partial charge in [0.25, 0.3) is 0 Å². The molecule has 200 valence electrons. The van der Waals surface area contributed by atoms with Crippen LogP contribution < -0.4 is 0 Å². The zero-order valence-electron chi connectivity index (χ0n) is 20.5. The number of ether oxygens (including phenoxy) is 4. The summed E-state index contributed by atoms with van der Waals surface area (Å²) in [5.41, 5.74) is -0.753. The summed E-state index contributed by atoms with van der Waals surface area (Å²) in [6, 6.07) is 0. The Balaban J connectivity index is 0. The van der Waals surface area contributed by atoms with E-state index in [1.54, 1.807) is 0 Å². The van der Waals surface area contributed by atoms with Crippen LogP contribution in [0.2, 0.25) is 0 Å². The quantitative estimate of drug-likeness (QED) is 0.129. The predicted octanol–water partition coefficient (Wildman–Crippen LogP) is 3.48. The highest BCUT2D eigenvalue weighted by Gasteiger charge is 2.37. The molecule has 0 saturated carbocycles. The number of hydrogen-bond donors (Lipinski definition) is 4. The summed E-state index contributed by atoms with van der Waals surface area (Å²) in [6.45, 7) is 7.62. The zero-order valence-corrected chi connectivity index (χ0v) is 24.1. The number of rotatable bonds is 16. The van der Waals surface area contributed by atoms with Gasteiger partial charge < -0.3 is 18.9 Å². The second kappa shape index (κ2) is 20.5. The Hall–Kier alpha value is -0.720. The van der Waals surface area contributed by atoms with E-state index in [1.165, 1.54) is 0 Å². The van der Waals surface area contributed by atoms with Gasteiger partial charge >= 0.3 is 23.9 Å². The molecule has 0 atom stereocenters. The molecule has 8 nitrogen and oxygen atoms in total. The Kier molecular flexibility index (Phi) is 21.3. The van der Waals surface area contributed by atoms with Gasteiger partial charge in [0.2, 0.25) is 0 Å². The SMILES string of the molecule is CC(C)(C)C.O=C(CCS)OCC(COC(=O)CCS)(COC(=O)CCS)COC(=O)CCS. The monoisotopic (exact) mass is 560 g/mol. The van der Waals surface area contributed by atoms with Crippen molar-refractivity contribution in [1.29, 1.82) is 0 Å². The molecule has 0 fully saturated rings. The fourth-order valence-electron chi connectivity index (χ4n) is 1.84. The molecular formula is C22H40O8S4. The van der Waals surface area contributed by atoms with Gasteiger partial charge in [-0.2, -0.15) is 50.5 Å². The summed E-state index contributed by atoms with van der Waals surface area (Å²) in [5, 5.41) is 0. The van der Waals surface area contributed by atoms with Gasteiger partial charge in [0.15, 0.2) is 0 Å². The molecule has 34 heavy (non-hydrogen) atoms. The molecule has 0 spiro atoms. The Labute approximate surface area is 225 Å². The number of thiol groups is 4. The lowest BCUT2D eigenvalue weighted by Crippen LogP contribution is -2.44. The molecule has 0 radical (unpaired) electrons. The standard InChI is InChI=1S/C17H28O8S4.C5H12/c18-13(1-5-26)22-9-17(10-23-14(19)2-6-27,11-24-15(20)3-7-28)12-25-16(21)4-8-29;1-5(2,3)4/h26-29H,1-12H2;1-4H3. The van der Waals surface area contributed by atoms with Gasteiger partial charge in [-0.1, -0.05) is 27.7 Å². The van der Waals surface area contributed by atoms with Gasteiger partial charge in [-0.25, -0.2) is 0 Å². The minimum atomic E-state index is -1.25. The largest absolute Gasteiger partial charge is 0.465 e. The Morgan fingerprint density at radius 3 is 0.824 bits per heavy atom. The third-order valence-corrected chi connectivity index (χ3v) is 4.32. The second-order valence-electron chi connectivity index (χ2n) is 9.04. The Morgan fingerprint density at radius 2 is 0.676 bits per heavy atom. The Bertz CT molecular complexity index is 509. The van der Waals surface area contributed by atoms with Crippen molar-refractivity contribution in [2.24, 2.45) is 10.8 Å². The Morgan fingerprint density at radius 1 is 0.500 bits per heavy atom. The minimum absolute atomic E-state index is 0.0670. The van der Waals surface area contributed by atoms with E-state index in [-0.39, 0.29) is 75.1 Å². The van der Waals surface area contributed by atoms with Crippen molar-refractivity contribution in [3.8, 4) is 0 Å². The smallest absolute Gasteiger partial charge is 0.306 e. The number of esters is 4. The average molecular weight is 561 g/mol. The van der Waals surface area contributed by atoms with Gasteiger partial charge in [0.05, 0.1) is 25.7 Å². The highest BCUT2D eigenvalue weighted by Crippen LogP contribution is 2.22. The van der Waals surface area contributed by atoms with Crippen molar-refractivity contribution >= 4 is 74.4 Å². The number of hydrogen-bond acceptors (Lipinski definition) is 12. The van der Waals surface area contributed by atoms with Crippen LogP contribution in [0.1, 0.15) is 53.4 Å². The molecule has 0 aliphatic rings. The first-order chi connectivity index (χ1) is 15.8. The lowest BCUT2D eigenvalue weighted by molar-refractivity contribution is -0.170.